The number of hydrogen-bond acceptors (Lipinski definition) is 4. The van der Waals surface area contributed by atoms with Crippen molar-refractivity contribution in [3.8, 4) is 0 Å². The quantitative estimate of drug-likeness (QED) is 0.669. The van der Waals surface area contributed by atoms with Crippen molar-refractivity contribution in [1.82, 2.24) is 14.5 Å². The molecule has 0 atom stereocenters. The molecule has 1 aromatic rings. The summed E-state index contributed by atoms with van der Waals surface area (Å²) in [5.41, 5.74) is 0. The minimum absolute atomic E-state index is 0.0216. The Morgan fingerprint density at radius 3 is 2.26 bits per heavy atom. The highest BCUT2D eigenvalue weighted by Crippen LogP contribution is 2.18. The molecule has 0 saturated carbocycles. The SMILES string of the molecule is CC(=O)NCCCCCC(=O)N1CCN(S(=O)(=O)c2ccc(F)cc2)CC1. The monoisotopic (exact) mass is 399 g/mol. The molecule has 0 radical (unpaired) electrons. The van der Waals surface area contributed by atoms with Gasteiger partial charge in [0.2, 0.25) is 21.8 Å². The zero-order chi connectivity index (χ0) is 19.9. The van der Waals surface area contributed by atoms with Gasteiger partial charge in [-0.2, -0.15) is 4.31 Å². The fourth-order valence-electron chi connectivity index (χ4n) is 2.93. The van der Waals surface area contributed by atoms with Crippen molar-refractivity contribution in [2.75, 3.05) is 32.7 Å². The largest absolute Gasteiger partial charge is 0.356 e. The van der Waals surface area contributed by atoms with Crippen molar-refractivity contribution in [1.29, 1.82) is 0 Å². The summed E-state index contributed by atoms with van der Waals surface area (Å²) in [5.74, 6) is -0.519. The molecule has 0 bridgehead atoms. The summed E-state index contributed by atoms with van der Waals surface area (Å²) in [6.07, 6.45) is 2.85. The van der Waals surface area contributed by atoms with E-state index < -0.39 is 15.8 Å². The first kappa shape index (κ1) is 21.3. The van der Waals surface area contributed by atoms with E-state index in [2.05, 4.69) is 5.32 Å². The van der Waals surface area contributed by atoms with E-state index in [4.69, 9.17) is 0 Å². The van der Waals surface area contributed by atoms with Crippen LogP contribution in [0.25, 0.3) is 0 Å². The van der Waals surface area contributed by atoms with Gasteiger partial charge in [0, 0.05) is 46.1 Å². The number of carbonyl (C=O) groups excluding carboxylic acids is 2. The Labute approximate surface area is 159 Å². The third kappa shape index (κ3) is 6.28. The molecule has 1 saturated heterocycles. The van der Waals surface area contributed by atoms with Crippen molar-refractivity contribution in [2.24, 2.45) is 0 Å². The van der Waals surface area contributed by atoms with Crippen LogP contribution in [0.2, 0.25) is 0 Å². The van der Waals surface area contributed by atoms with E-state index in [1.54, 1.807) is 4.90 Å². The number of halogens is 1. The predicted octanol–water partition coefficient (Wildman–Crippen LogP) is 1.36. The van der Waals surface area contributed by atoms with Gasteiger partial charge < -0.3 is 10.2 Å². The summed E-state index contributed by atoms with van der Waals surface area (Å²) < 4.78 is 39.5. The van der Waals surface area contributed by atoms with E-state index in [-0.39, 0.29) is 29.8 Å². The number of rotatable bonds is 8. The maximum atomic E-state index is 13.0. The maximum Gasteiger partial charge on any atom is 0.243 e. The predicted molar refractivity (Wildman–Crippen MR) is 98.9 cm³/mol. The minimum atomic E-state index is -3.67. The average Bonchev–Trinajstić information content (AvgIpc) is 2.64. The van der Waals surface area contributed by atoms with Crippen LogP contribution in [-0.4, -0.2) is 62.2 Å². The second kappa shape index (κ2) is 9.80. The number of amides is 2. The van der Waals surface area contributed by atoms with Crippen LogP contribution >= 0.6 is 0 Å². The van der Waals surface area contributed by atoms with Crippen LogP contribution < -0.4 is 5.32 Å². The van der Waals surface area contributed by atoms with Crippen molar-refractivity contribution in [3.63, 3.8) is 0 Å². The highest BCUT2D eigenvalue weighted by Gasteiger charge is 2.29. The van der Waals surface area contributed by atoms with Gasteiger partial charge in [-0.05, 0) is 37.1 Å². The first-order chi connectivity index (χ1) is 12.8. The third-order valence-corrected chi connectivity index (χ3v) is 6.40. The van der Waals surface area contributed by atoms with Crippen molar-refractivity contribution in [2.45, 2.75) is 37.5 Å². The third-order valence-electron chi connectivity index (χ3n) is 4.48. The fourth-order valence-corrected chi connectivity index (χ4v) is 4.36. The molecule has 0 aromatic heterocycles. The second-order valence-electron chi connectivity index (χ2n) is 6.53. The van der Waals surface area contributed by atoms with Gasteiger partial charge in [-0.15, -0.1) is 0 Å². The van der Waals surface area contributed by atoms with Crippen LogP contribution in [0.15, 0.2) is 29.2 Å². The lowest BCUT2D eigenvalue weighted by atomic mass is 10.1. The first-order valence-corrected chi connectivity index (χ1v) is 10.5. The Bertz CT molecular complexity index is 744. The molecule has 0 unspecified atom stereocenters. The molecule has 150 valence electrons. The van der Waals surface area contributed by atoms with Crippen molar-refractivity contribution >= 4 is 21.8 Å². The zero-order valence-electron chi connectivity index (χ0n) is 15.5. The summed E-state index contributed by atoms with van der Waals surface area (Å²) in [6.45, 7) is 3.25. The van der Waals surface area contributed by atoms with Crippen LogP contribution in [0.1, 0.15) is 32.6 Å². The lowest BCUT2D eigenvalue weighted by Crippen LogP contribution is -2.50. The standard InChI is InChI=1S/C18H26FN3O4S/c1-15(23)20-10-4-2-3-5-18(24)21-11-13-22(14-12-21)27(25,26)17-8-6-16(19)7-9-17/h6-9H,2-5,10-14H2,1H3,(H,20,23). The topological polar surface area (TPSA) is 86.8 Å². The molecule has 9 heteroatoms. The van der Waals surface area contributed by atoms with Gasteiger partial charge in [-0.1, -0.05) is 6.42 Å². The van der Waals surface area contributed by atoms with E-state index in [1.807, 2.05) is 0 Å². The molecular weight excluding hydrogens is 373 g/mol. The molecule has 1 N–H and O–H groups in total. The Balaban J connectivity index is 1.75. The van der Waals surface area contributed by atoms with Crippen molar-refractivity contribution in [3.05, 3.63) is 30.1 Å². The summed E-state index contributed by atoms with van der Waals surface area (Å²) in [6, 6.07) is 4.75. The molecule has 2 amide bonds. The molecule has 2 rings (SSSR count). The molecule has 1 heterocycles. The Kier molecular flexibility index (Phi) is 7.73. The number of nitrogens with zero attached hydrogens (tertiary/aromatic N) is 2. The summed E-state index contributed by atoms with van der Waals surface area (Å²) >= 11 is 0. The molecule has 1 aromatic carbocycles. The average molecular weight is 399 g/mol. The highest BCUT2D eigenvalue weighted by atomic mass is 32.2. The molecule has 0 spiro atoms. The van der Waals surface area contributed by atoms with Gasteiger partial charge in [0.25, 0.3) is 0 Å². The molecule has 0 aliphatic carbocycles. The van der Waals surface area contributed by atoms with Gasteiger partial charge in [0.15, 0.2) is 0 Å². The summed E-state index contributed by atoms with van der Waals surface area (Å²) in [7, 11) is -3.67. The van der Waals surface area contributed by atoms with Gasteiger partial charge >= 0.3 is 0 Å². The second-order valence-corrected chi connectivity index (χ2v) is 8.47. The number of unbranched alkanes of at least 4 members (excludes halogenated alkanes) is 2. The number of benzene rings is 1. The van der Waals surface area contributed by atoms with E-state index in [1.165, 1.54) is 23.4 Å². The van der Waals surface area contributed by atoms with Crippen LogP contribution in [0, 0.1) is 5.82 Å². The van der Waals surface area contributed by atoms with Gasteiger partial charge in [0.1, 0.15) is 5.82 Å². The summed E-state index contributed by atoms with van der Waals surface area (Å²) in [4.78, 5) is 24.8. The molecule has 1 fully saturated rings. The normalized spacial score (nSPS) is 15.6. The Hall–Kier alpha value is -2.00. The van der Waals surface area contributed by atoms with Crippen LogP contribution in [-0.2, 0) is 19.6 Å². The van der Waals surface area contributed by atoms with E-state index in [0.29, 0.717) is 26.1 Å². The van der Waals surface area contributed by atoms with Gasteiger partial charge in [0.05, 0.1) is 4.90 Å². The van der Waals surface area contributed by atoms with Crippen LogP contribution in [0.4, 0.5) is 4.39 Å². The lowest BCUT2D eigenvalue weighted by molar-refractivity contribution is -0.132. The zero-order valence-corrected chi connectivity index (χ0v) is 16.3. The van der Waals surface area contributed by atoms with E-state index in [0.717, 1.165) is 31.4 Å². The maximum absolute atomic E-state index is 13.0. The molecule has 27 heavy (non-hydrogen) atoms. The lowest BCUT2D eigenvalue weighted by Gasteiger charge is -2.34. The number of piperazine rings is 1. The first-order valence-electron chi connectivity index (χ1n) is 9.08. The molecule has 7 nitrogen and oxygen atoms in total. The number of carbonyl (C=O) groups is 2. The van der Waals surface area contributed by atoms with Gasteiger partial charge in [-0.25, -0.2) is 12.8 Å². The minimum Gasteiger partial charge on any atom is -0.356 e. The van der Waals surface area contributed by atoms with Crippen LogP contribution in [0.5, 0.6) is 0 Å². The molecular formula is C18H26FN3O4S. The van der Waals surface area contributed by atoms with Crippen LogP contribution in [0.3, 0.4) is 0 Å². The molecule has 1 aliphatic heterocycles. The summed E-state index contributed by atoms with van der Waals surface area (Å²) in [5, 5.41) is 2.72. The van der Waals surface area contributed by atoms with Gasteiger partial charge in [-0.3, -0.25) is 9.59 Å². The number of nitrogens with one attached hydrogen (secondary N) is 1. The Morgan fingerprint density at radius 2 is 1.67 bits per heavy atom. The smallest absolute Gasteiger partial charge is 0.243 e. The highest BCUT2D eigenvalue weighted by molar-refractivity contribution is 7.89. The molecule has 1 aliphatic rings. The number of hydrogen-bond donors (Lipinski definition) is 1. The fraction of sp³-hybridized carbons (Fsp3) is 0.556. The van der Waals surface area contributed by atoms with Crippen molar-refractivity contribution < 1.29 is 22.4 Å². The van der Waals surface area contributed by atoms with E-state index in [9.17, 15) is 22.4 Å². The number of sulfonamides is 1. The van der Waals surface area contributed by atoms with E-state index >= 15 is 0 Å². The Morgan fingerprint density at radius 1 is 1.04 bits per heavy atom.